The molecule has 5 nitrogen and oxygen atoms in total. The van der Waals surface area contributed by atoms with Gasteiger partial charge < -0.3 is 10.2 Å². The van der Waals surface area contributed by atoms with Crippen LogP contribution in [0.5, 0.6) is 0 Å². The molecule has 3 rings (SSSR count). The molecular formula is C23H23N3O2. The first-order valence-electron chi connectivity index (χ1n) is 9.27. The molecule has 0 atom stereocenters. The molecule has 2 amide bonds. The molecule has 3 aromatic rings. The molecule has 0 aliphatic carbocycles. The zero-order valence-corrected chi connectivity index (χ0v) is 15.8. The van der Waals surface area contributed by atoms with Crippen LogP contribution in [0.25, 0.3) is 0 Å². The fraction of sp³-hybridized carbons (Fsp3) is 0.174. The third-order valence-corrected chi connectivity index (χ3v) is 4.42. The smallest absolute Gasteiger partial charge is 0.276 e. The molecule has 0 aliphatic rings. The van der Waals surface area contributed by atoms with Crippen molar-refractivity contribution in [3.63, 3.8) is 0 Å². The summed E-state index contributed by atoms with van der Waals surface area (Å²) in [6.07, 6.45) is 1.74. The molecule has 1 heterocycles. The first-order chi connectivity index (χ1) is 13.6. The highest BCUT2D eigenvalue weighted by atomic mass is 16.2. The van der Waals surface area contributed by atoms with Gasteiger partial charge in [-0.05, 0) is 42.7 Å². The van der Waals surface area contributed by atoms with Crippen LogP contribution >= 0.6 is 0 Å². The Morgan fingerprint density at radius 1 is 0.857 bits per heavy atom. The fourth-order valence-corrected chi connectivity index (χ4v) is 2.85. The highest BCUT2D eigenvalue weighted by molar-refractivity contribution is 6.05. The second-order valence-electron chi connectivity index (χ2n) is 6.45. The van der Waals surface area contributed by atoms with E-state index in [2.05, 4.69) is 22.4 Å². The van der Waals surface area contributed by atoms with Gasteiger partial charge in [-0.25, -0.2) is 4.98 Å². The molecule has 0 spiro atoms. The van der Waals surface area contributed by atoms with Crippen molar-refractivity contribution < 1.29 is 9.59 Å². The molecular weight excluding hydrogens is 350 g/mol. The van der Waals surface area contributed by atoms with E-state index in [-0.39, 0.29) is 23.2 Å². The average Bonchev–Trinajstić information content (AvgIpc) is 2.77. The maximum absolute atomic E-state index is 12.7. The number of anilines is 1. The Labute approximate surface area is 165 Å². The van der Waals surface area contributed by atoms with Crippen LogP contribution in [0.1, 0.15) is 33.0 Å². The Balaban J connectivity index is 1.57. The van der Waals surface area contributed by atoms with Crippen molar-refractivity contribution in [3.05, 3.63) is 95.8 Å². The van der Waals surface area contributed by atoms with Crippen LogP contribution in [0.3, 0.4) is 0 Å². The summed E-state index contributed by atoms with van der Waals surface area (Å²) in [5.41, 5.74) is 2.49. The standard InChI is InChI=1S/C23H23N3O2/c1-26(19-13-6-3-7-14-19)23(28)21-16-8-15-20(25-21)22(27)24-17-9-12-18-10-4-2-5-11-18/h2-8,10-11,13-16H,9,12,17H2,1H3,(H,24,27). The third kappa shape index (κ3) is 5.04. The van der Waals surface area contributed by atoms with Crippen LogP contribution in [0, 0.1) is 0 Å². The largest absolute Gasteiger partial charge is 0.351 e. The lowest BCUT2D eigenvalue weighted by Crippen LogP contribution is -2.29. The minimum Gasteiger partial charge on any atom is -0.351 e. The SMILES string of the molecule is CN(C(=O)c1cccc(C(=O)NCCCc2ccccc2)n1)c1ccccc1. The quantitative estimate of drug-likeness (QED) is 0.642. The molecule has 1 N–H and O–H groups in total. The number of nitrogens with zero attached hydrogens (tertiary/aromatic N) is 2. The molecule has 2 aromatic carbocycles. The summed E-state index contributed by atoms with van der Waals surface area (Å²) < 4.78 is 0. The number of hydrogen-bond donors (Lipinski definition) is 1. The summed E-state index contributed by atoms with van der Waals surface area (Å²) in [7, 11) is 1.69. The maximum atomic E-state index is 12.7. The molecule has 28 heavy (non-hydrogen) atoms. The van der Waals surface area contributed by atoms with E-state index in [1.165, 1.54) is 10.5 Å². The van der Waals surface area contributed by atoms with E-state index in [1.807, 2.05) is 48.5 Å². The minimum absolute atomic E-state index is 0.239. The Morgan fingerprint density at radius 2 is 1.50 bits per heavy atom. The summed E-state index contributed by atoms with van der Waals surface area (Å²) in [5, 5.41) is 2.87. The number of hydrogen-bond acceptors (Lipinski definition) is 3. The van der Waals surface area contributed by atoms with Crippen molar-refractivity contribution in [1.29, 1.82) is 0 Å². The van der Waals surface area contributed by atoms with Crippen molar-refractivity contribution >= 4 is 17.5 Å². The highest BCUT2D eigenvalue weighted by Crippen LogP contribution is 2.14. The van der Waals surface area contributed by atoms with Gasteiger partial charge >= 0.3 is 0 Å². The van der Waals surface area contributed by atoms with Gasteiger partial charge in [0.25, 0.3) is 11.8 Å². The second kappa shape index (κ2) is 9.46. The van der Waals surface area contributed by atoms with E-state index in [1.54, 1.807) is 25.2 Å². The molecule has 0 radical (unpaired) electrons. The predicted molar refractivity (Wildman–Crippen MR) is 111 cm³/mol. The highest BCUT2D eigenvalue weighted by Gasteiger charge is 2.16. The number of pyridine rings is 1. The molecule has 5 heteroatoms. The number of aromatic nitrogens is 1. The molecule has 0 bridgehead atoms. The predicted octanol–water partition coefficient (Wildman–Crippen LogP) is 3.72. The normalized spacial score (nSPS) is 10.3. The summed E-state index contributed by atoms with van der Waals surface area (Å²) in [6, 6.07) is 24.4. The number of amides is 2. The molecule has 0 unspecified atom stereocenters. The topological polar surface area (TPSA) is 62.3 Å². The Kier molecular flexibility index (Phi) is 6.52. The lowest BCUT2D eigenvalue weighted by Gasteiger charge is -2.17. The van der Waals surface area contributed by atoms with E-state index in [9.17, 15) is 9.59 Å². The first kappa shape index (κ1) is 19.3. The lowest BCUT2D eigenvalue weighted by molar-refractivity contribution is 0.0948. The zero-order valence-electron chi connectivity index (χ0n) is 15.8. The van der Waals surface area contributed by atoms with Gasteiger partial charge in [0, 0.05) is 19.3 Å². The van der Waals surface area contributed by atoms with Crippen LogP contribution in [0.4, 0.5) is 5.69 Å². The summed E-state index contributed by atoms with van der Waals surface area (Å²) in [4.78, 5) is 30.8. The van der Waals surface area contributed by atoms with Crippen LogP contribution in [-0.2, 0) is 6.42 Å². The zero-order chi connectivity index (χ0) is 19.8. The van der Waals surface area contributed by atoms with Gasteiger partial charge in [-0.15, -0.1) is 0 Å². The van der Waals surface area contributed by atoms with Gasteiger partial charge in [0.15, 0.2) is 0 Å². The van der Waals surface area contributed by atoms with Crippen LogP contribution < -0.4 is 10.2 Å². The van der Waals surface area contributed by atoms with E-state index in [0.717, 1.165) is 18.5 Å². The van der Waals surface area contributed by atoms with Gasteiger partial charge in [-0.3, -0.25) is 9.59 Å². The Bertz CT molecular complexity index is 927. The molecule has 1 aromatic heterocycles. The number of carbonyl (C=O) groups is 2. The summed E-state index contributed by atoms with van der Waals surface area (Å²) >= 11 is 0. The monoisotopic (exact) mass is 373 g/mol. The van der Waals surface area contributed by atoms with Gasteiger partial charge in [0.1, 0.15) is 11.4 Å². The second-order valence-corrected chi connectivity index (χ2v) is 6.45. The fourth-order valence-electron chi connectivity index (χ4n) is 2.85. The maximum Gasteiger partial charge on any atom is 0.276 e. The van der Waals surface area contributed by atoms with Crippen molar-refractivity contribution in [2.24, 2.45) is 0 Å². The summed E-state index contributed by atoms with van der Waals surface area (Å²) in [6.45, 7) is 0.553. The number of nitrogens with one attached hydrogen (secondary N) is 1. The number of benzene rings is 2. The lowest BCUT2D eigenvalue weighted by atomic mass is 10.1. The average molecular weight is 373 g/mol. The van der Waals surface area contributed by atoms with Crippen LogP contribution in [-0.4, -0.2) is 30.4 Å². The minimum atomic E-state index is -0.273. The van der Waals surface area contributed by atoms with Gasteiger partial charge in [0.2, 0.25) is 0 Å². The van der Waals surface area contributed by atoms with Crippen molar-refractivity contribution in [2.45, 2.75) is 12.8 Å². The van der Waals surface area contributed by atoms with E-state index >= 15 is 0 Å². The summed E-state index contributed by atoms with van der Waals surface area (Å²) in [5.74, 6) is -0.532. The number of para-hydroxylation sites is 1. The number of aryl methyl sites for hydroxylation is 1. The molecule has 0 aliphatic heterocycles. The van der Waals surface area contributed by atoms with Crippen molar-refractivity contribution in [2.75, 3.05) is 18.5 Å². The van der Waals surface area contributed by atoms with E-state index < -0.39 is 0 Å². The van der Waals surface area contributed by atoms with Crippen LogP contribution in [0.15, 0.2) is 78.9 Å². The van der Waals surface area contributed by atoms with E-state index in [0.29, 0.717) is 6.54 Å². The van der Waals surface area contributed by atoms with E-state index in [4.69, 9.17) is 0 Å². The van der Waals surface area contributed by atoms with Crippen LogP contribution in [0.2, 0.25) is 0 Å². The van der Waals surface area contributed by atoms with Gasteiger partial charge in [0.05, 0.1) is 0 Å². The van der Waals surface area contributed by atoms with Gasteiger partial charge in [-0.1, -0.05) is 54.6 Å². The Morgan fingerprint density at radius 3 is 2.21 bits per heavy atom. The molecule has 142 valence electrons. The number of carbonyl (C=O) groups excluding carboxylic acids is 2. The first-order valence-corrected chi connectivity index (χ1v) is 9.27. The third-order valence-electron chi connectivity index (χ3n) is 4.42. The number of rotatable bonds is 7. The van der Waals surface area contributed by atoms with Crippen molar-refractivity contribution in [3.8, 4) is 0 Å². The molecule has 0 fully saturated rings. The van der Waals surface area contributed by atoms with Gasteiger partial charge in [-0.2, -0.15) is 0 Å². The Hall–Kier alpha value is -3.47. The molecule has 0 saturated carbocycles. The van der Waals surface area contributed by atoms with Crippen molar-refractivity contribution in [1.82, 2.24) is 10.3 Å². The molecule has 0 saturated heterocycles.